The van der Waals surface area contributed by atoms with Gasteiger partial charge >= 0.3 is 82.5 Å². The molecule has 11 heavy (non-hydrogen) atoms. The van der Waals surface area contributed by atoms with Gasteiger partial charge in [-0.2, -0.15) is 0 Å². The second-order valence-corrected chi connectivity index (χ2v) is 17.2. The van der Waals surface area contributed by atoms with Gasteiger partial charge in [0.1, 0.15) is 0 Å². The van der Waals surface area contributed by atoms with Gasteiger partial charge in [0.05, 0.1) is 0 Å². The van der Waals surface area contributed by atoms with Crippen molar-refractivity contribution in [3.05, 3.63) is 0 Å². The average Bonchev–Trinajstić information content (AvgIpc) is 1.90. The van der Waals surface area contributed by atoms with Gasteiger partial charge in [0.2, 0.25) is 0 Å². The fraction of sp³-hybridized carbons (Fsp3) is 1.00. The van der Waals surface area contributed by atoms with Gasteiger partial charge in [0, 0.05) is 0 Å². The summed E-state index contributed by atoms with van der Waals surface area (Å²) in [4.78, 5) is 0. The fourth-order valence-corrected chi connectivity index (χ4v) is 3.90. The topological polar surface area (TPSA) is 0 Å². The maximum atomic E-state index is 2.34. The van der Waals surface area contributed by atoms with E-state index in [9.17, 15) is 0 Å². The van der Waals surface area contributed by atoms with Crippen molar-refractivity contribution in [2.24, 2.45) is 0 Å². The van der Waals surface area contributed by atoms with E-state index in [1.165, 1.54) is 15.8 Å². The molecular formula is C9H24Ge2. The zero-order valence-electron chi connectivity index (χ0n) is 9.12. The van der Waals surface area contributed by atoms with E-state index in [-0.39, 0.29) is 14.3 Å². The van der Waals surface area contributed by atoms with Gasteiger partial charge in [0.15, 0.2) is 0 Å². The van der Waals surface area contributed by atoms with E-state index in [1.54, 1.807) is 0 Å². The summed E-state index contributed by atoms with van der Waals surface area (Å²) in [7, 11) is 0. The second-order valence-electron chi connectivity index (χ2n) is 3.31. The van der Waals surface area contributed by atoms with Crippen LogP contribution in [0.4, 0.5) is 0 Å². The minimum atomic E-state index is -0.403. The molecule has 0 aliphatic heterocycles. The van der Waals surface area contributed by atoms with Crippen LogP contribution in [0.1, 0.15) is 20.8 Å². The van der Waals surface area contributed by atoms with Crippen LogP contribution in [0, 0.1) is 0 Å². The monoisotopic (exact) mass is 280 g/mol. The van der Waals surface area contributed by atoms with Gasteiger partial charge in [-0.25, -0.2) is 0 Å². The second kappa shape index (κ2) is 11.1. The van der Waals surface area contributed by atoms with Crippen molar-refractivity contribution >= 4 is 28.7 Å². The molecule has 0 saturated carbocycles. The SMILES string of the molecule is C[CH2][Ge]([CH2]C)[CH2]C.[CH3][Ge]([CH3])[CH3]. The molecular weight excluding hydrogens is 253 g/mol. The number of hydrogen-bond donors (Lipinski definition) is 0. The molecule has 0 aromatic rings. The van der Waals surface area contributed by atoms with Crippen LogP contribution in [-0.2, 0) is 0 Å². The molecule has 2 radical (unpaired) electrons. The van der Waals surface area contributed by atoms with E-state index in [0.717, 1.165) is 0 Å². The van der Waals surface area contributed by atoms with Crippen molar-refractivity contribution in [3.63, 3.8) is 0 Å². The molecule has 0 unspecified atom stereocenters. The summed E-state index contributed by atoms with van der Waals surface area (Å²) in [6.07, 6.45) is 0. The normalized spacial score (nSPS) is 9.82. The first kappa shape index (κ1) is 14.6. The van der Waals surface area contributed by atoms with E-state index in [4.69, 9.17) is 0 Å². The van der Waals surface area contributed by atoms with Gasteiger partial charge in [-0.1, -0.05) is 0 Å². The van der Waals surface area contributed by atoms with E-state index in [2.05, 4.69) is 38.0 Å². The molecule has 0 N–H and O–H groups in total. The summed E-state index contributed by atoms with van der Waals surface area (Å²) in [6.45, 7) is 7.01. The van der Waals surface area contributed by atoms with Crippen LogP contribution in [0.2, 0.25) is 33.0 Å². The van der Waals surface area contributed by atoms with Gasteiger partial charge < -0.3 is 0 Å². The van der Waals surface area contributed by atoms with Gasteiger partial charge in [-0.3, -0.25) is 0 Å². The van der Waals surface area contributed by atoms with E-state index in [0.29, 0.717) is 0 Å². The van der Waals surface area contributed by atoms with Crippen molar-refractivity contribution < 1.29 is 0 Å². The first-order valence-corrected chi connectivity index (χ1v) is 15.4. The molecule has 68 valence electrons. The molecule has 0 aromatic heterocycles. The fourth-order valence-electron chi connectivity index (χ4n) is 0.750. The molecule has 0 spiro atoms. The van der Waals surface area contributed by atoms with Crippen molar-refractivity contribution in [3.8, 4) is 0 Å². The van der Waals surface area contributed by atoms with Gasteiger partial charge in [-0.05, 0) is 0 Å². The van der Waals surface area contributed by atoms with Crippen LogP contribution in [0.3, 0.4) is 0 Å². The third-order valence-electron chi connectivity index (χ3n) is 1.50. The maximum absolute atomic E-state index is 2.34. The Morgan fingerprint density at radius 3 is 0.909 bits per heavy atom. The number of hydrogen-bond acceptors (Lipinski definition) is 0. The van der Waals surface area contributed by atoms with Crippen LogP contribution in [0.5, 0.6) is 0 Å². The molecule has 0 nitrogen and oxygen atoms in total. The molecule has 2 heteroatoms. The van der Waals surface area contributed by atoms with Crippen LogP contribution in [0.15, 0.2) is 0 Å². The van der Waals surface area contributed by atoms with Gasteiger partial charge in [-0.15, -0.1) is 0 Å². The Balaban J connectivity index is 0. The predicted molar refractivity (Wildman–Crippen MR) is 60.5 cm³/mol. The standard InChI is InChI=1S/C6H15Ge.C3H9Ge/c1-4-7(5-2)6-3;1-4(2)3/h4-6H2,1-3H3;1-3H3. The molecule has 0 aliphatic rings. The molecule has 0 fully saturated rings. The van der Waals surface area contributed by atoms with Crippen LogP contribution < -0.4 is 0 Å². The van der Waals surface area contributed by atoms with Crippen molar-refractivity contribution in [2.45, 2.75) is 53.8 Å². The van der Waals surface area contributed by atoms with Gasteiger partial charge in [0.25, 0.3) is 0 Å². The van der Waals surface area contributed by atoms with E-state index < -0.39 is 14.3 Å². The molecule has 0 heterocycles. The molecule has 0 bridgehead atoms. The molecule has 0 amide bonds. The first-order chi connectivity index (χ1) is 5.08. The Bertz CT molecular complexity index is 50.3. The molecule has 0 aromatic carbocycles. The molecule has 0 aliphatic carbocycles. The quantitative estimate of drug-likeness (QED) is 0.686. The summed E-state index contributed by atoms with van der Waals surface area (Å²) in [5.74, 6) is 7.00. The Hall–Kier alpha value is 1.09. The summed E-state index contributed by atoms with van der Waals surface area (Å²) in [6, 6.07) is 0. The predicted octanol–water partition coefficient (Wildman–Crippen LogP) is 3.91. The molecule has 0 atom stereocenters. The third kappa shape index (κ3) is 18.2. The summed E-state index contributed by atoms with van der Waals surface area (Å²) in [5, 5.41) is 4.56. The van der Waals surface area contributed by atoms with E-state index >= 15 is 0 Å². The van der Waals surface area contributed by atoms with Crippen molar-refractivity contribution in [1.29, 1.82) is 0 Å². The molecule has 0 saturated heterocycles. The molecule has 0 rings (SSSR count). The summed E-state index contributed by atoms with van der Waals surface area (Å²) < 4.78 is 0. The van der Waals surface area contributed by atoms with Crippen molar-refractivity contribution in [2.75, 3.05) is 0 Å². The average molecular weight is 278 g/mol. The van der Waals surface area contributed by atoms with Crippen LogP contribution >= 0.6 is 0 Å². The van der Waals surface area contributed by atoms with E-state index in [1.807, 2.05) is 0 Å². The Kier molecular flexibility index (Phi) is 14.7. The summed E-state index contributed by atoms with van der Waals surface area (Å²) in [5.41, 5.74) is 0. The summed E-state index contributed by atoms with van der Waals surface area (Å²) >= 11 is -0.736. The third-order valence-corrected chi connectivity index (χ3v) is 7.79. The minimum absolute atomic E-state index is 0.333. The van der Waals surface area contributed by atoms with Crippen LogP contribution in [0.25, 0.3) is 0 Å². The first-order valence-electron chi connectivity index (χ1n) is 4.68. The van der Waals surface area contributed by atoms with Crippen molar-refractivity contribution in [1.82, 2.24) is 0 Å². The number of rotatable bonds is 3. The zero-order chi connectivity index (χ0) is 9.28. The Labute approximate surface area is 82.4 Å². The van der Waals surface area contributed by atoms with Crippen LogP contribution in [-0.4, -0.2) is 28.7 Å². The Morgan fingerprint density at radius 2 is 0.909 bits per heavy atom. The zero-order valence-corrected chi connectivity index (χ0v) is 13.3. The Morgan fingerprint density at radius 1 is 0.727 bits per heavy atom.